The number of nitrogens with one attached hydrogen (secondary N) is 1. The summed E-state index contributed by atoms with van der Waals surface area (Å²) < 4.78 is 0. The highest BCUT2D eigenvalue weighted by atomic mass is 32.2. The van der Waals surface area contributed by atoms with E-state index in [0.717, 1.165) is 38.3 Å². The molecular formula is C18H29N3OS. The number of benzene rings is 1. The van der Waals surface area contributed by atoms with Crippen LogP contribution in [0, 0.1) is 5.92 Å². The zero-order valence-electron chi connectivity index (χ0n) is 14.5. The average molecular weight is 336 g/mol. The van der Waals surface area contributed by atoms with E-state index in [2.05, 4.69) is 54.7 Å². The van der Waals surface area contributed by atoms with Crippen LogP contribution in [0.3, 0.4) is 0 Å². The molecule has 0 saturated heterocycles. The number of hydrogen-bond donors (Lipinski definition) is 2. The minimum Gasteiger partial charge on any atom is -0.393 e. The maximum absolute atomic E-state index is 9.95. The van der Waals surface area contributed by atoms with Gasteiger partial charge in [-0.2, -0.15) is 0 Å². The lowest BCUT2D eigenvalue weighted by Gasteiger charge is -2.23. The lowest BCUT2D eigenvalue weighted by atomic mass is 10.1. The summed E-state index contributed by atoms with van der Waals surface area (Å²) >= 11 is 1.76. The van der Waals surface area contributed by atoms with E-state index in [-0.39, 0.29) is 6.10 Å². The molecule has 0 spiro atoms. The number of rotatable bonds is 6. The molecule has 1 fully saturated rings. The van der Waals surface area contributed by atoms with Gasteiger partial charge in [-0.05, 0) is 43.7 Å². The van der Waals surface area contributed by atoms with Gasteiger partial charge < -0.3 is 15.3 Å². The summed E-state index contributed by atoms with van der Waals surface area (Å²) in [4.78, 5) is 8.18. The summed E-state index contributed by atoms with van der Waals surface area (Å²) in [6.07, 6.45) is 5.05. The van der Waals surface area contributed by atoms with Crippen molar-refractivity contribution in [1.29, 1.82) is 0 Å². The molecule has 1 aliphatic rings. The van der Waals surface area contributed by atoms with Crippen LogP contribution in [-0.4, -0.2) is 48.5 Å². The molecule has 128 valence electrons. The van der Waals surface area contributed by atoms with Crippen molar-refractivity contribution in [2.75, 3.05) is 26.4 Å². The molecule has 0 aliphatic heterocycles. The molecule has 0 radical (unpaired) electrons. The van der Waals surface area contributed by atoms with Crippen LogP contribution in [0.25, 0.3) is 0 Å². The van der Waals surface area contributed by atoms with Crippen molar-refractivity contribution in [3.63, 3.8) is 0 Å². The fourth-order valence-corrected chi connectivity index (χ4v) is 3.39. The van der Waals surface area contributed by atoms with E-state index in [0.29, 0.717) is 12.5 Å². The highest BCUT2D eigenvalue weighted by molar-refractivity contribution is 7.98. The van der Waals surface area contributed by atoms with Crippen LogP contribution in [0.5, 0.6) is 0 Å². The average Bonchev–Trinajstić information content (AvgIpc) is 2.97. The molecule has 5 heteroatoms. The zero-order chi connectivity index (χ0) is 16.7. The van der Waals surface area contributed by atoms with Crippen molar-refractivity contribution in [3.05, 3.63) is 29.8 Å². The molecule has 2 atom stereocenters. The second kappa shape index (κ2) is 9.18. The van der Waals surface area contributed by atoms with Gasteiger partial charge in [0.05, 0.1) is 6.10 Å². The number of aliphatic imine (C=N–C) groups is 1. The summed E-state index contributed by atoms with van der Waals surface area (Å²) in [5, 5.41) is 13.3. The monoisotopic (exact) mass is 335 g/mol. The van der Waals surface area contributed by atoms with Gasteiger partial charge in [0.15, 0.2) is 5.96 Å². The van der Waals surface area contributed by atoms with Gasteiger partial charge in [-0.15, -0.1) is 11.8 Å². The normalized spacial score (nSPS) is 21.5. The first-order chi connectivity index (χ1) is 11.1. The molecule has 0 amide bonds. The zero-order valence-corrected chi connectivity index (χ0v) is 15.3. The Morgan fingerprint density at radius 2 is 2.09 bits per heavy atom. The van der Waals surface area contributed by atoms with Crippen molar-refractivity contribution >= 4 is 17.7 Å². The van der Waals surface area contributed by atoms with Gasteiger partial charge in [0.2, 0.25) is 0 Å². The molecule has 2 N–H and O–H groups in total. The van der Waals surface area contributed by atoms with Gasteiger partial charge in [-0.25, -0.2) is 0 Å². The molecule has 0 aromatic heterocycles. The minimum absolute atomic E-state index is 0.175. The van der Waals surface area contributed by atoms with Crippen molar-refractivity contribution in [3.8, 4) is 0 Å². The number of guanidine groups is 1. The minimum atomic E-state index is -0.175. The van der Waals surface area contributed by atoms with Gasteiger partial charge in [-0.3, -0.25) is 4.99 Å². The Kier molecular flexibility index (Phi) is 7.24. The third-order valence-corrected chi connectivity index (χ3v) is 5.11. The lowest BCUT2D eigenvalue weighted by Crippen LogP contribution is -2.39. The SMILES string of the molecule is CCNC(=NCC1CCCC1O)N(C)Cc1ccc(SC)cc1. The summed E-state index contributed by atoms with van der Waals surface area (Å²) in [5.41, 5.74) is 1.27. The van der Waals surface area contributed by atoms with E-state index in [1.54, 1.807) is 11.8 Å². The van der Waals surface area contributed by atoms with Crippen LogP contribution < -0.4 is 5.32 Å². The fourth-order valence-electron chi connectivity index (χ4n) is 2.98. The highest BCUT2D eigenvalue weighted by Gasteiger charge is 2.25. The van der Waals surface area contributed by atoms with E-state index < -0.39 is 0 Å². The van der Waals surface area contributed by atoms with Crippen molar-refractivity contribution in [2.45, 2.75) is 43.7 Å². The predicted molar refractivity (Wildman–Crippen MR) is 99.0 cm³/mol. The predicted octanol–water partition coefficient (Wildman–Crippen LogP) is 2.97. The van der Waals surface area contributed by atoms with Crippen molar-refractivity contribution in [2.24, 2.45) is 10.9 Å². The summed E-state index contributed by atoms with van der Waals surface area (Å²) in [7, 11) is 2.06. The van der Waals surface area contributed by atoms with E-state index in [1.807, 2.05) is 0 Å². The first kappa shape index (κ1) is 18.1. The van der Waals surface area contributed by atoms with Crippen LogP contribution in [0.2, 0.25) is 0 Å². The van der Waals surface area contributed by atoms with E-state index in [9.17, 15) is 5.11 Å². The first-order valence-electron chi connectivity index (χ1n) is 8.44. The molecule has 1 aromatic rings. The van der Waals surface area contributed by atoms with Crippen LogP contribution in [0.1, 0.15) is 31.7 Å². The van der Waals surface area contributed by atoms with E-state index >= 15 is 0 Å². The number of nitrogens with zero attached hydrogens (tertiary/aromatic N) is 2. The first-order valence-corrected chi connectivity index (χ1v) is 9.67. The summed E-state index contributed by atoms with van der Waals surface area (Å²) in [6, 6.07) is 8.67. The second-order valence-corrected chi connectivity index (χ2v) is 7.04. The van der Waals surface area contributed by atoms with Gasteiger partial charge in [-0.1, -0.05) is 18.6 Å². The van der Waals surface area contributed by atoms with Crippen LogP contribution in [0.4, 0.5) is 0 Å². The van der Waals surface area contributed by atoms with Crippen LogP contribution >= 0.6 is 11.8 Å². The Morgan fingerprint density at radius 3 is 2.65 bits per heavy atom. The summed E-state index contributed by atoms with van der Waals surface area (Å²) in [5.74, 6) is 1.23. The van der Waals surface area contributed by atoms with Gasteiger partial charge >= 0.3 is 0 Å². The Hall–Kier alpha value is -1.20. The molecule has 1 saturated carbocycles. The molecule has 2 rings (SSSR count). The Labute approximate surface area is 144 Å². The van der Waals surface area contributed by atoms with Crippen molar-refractivity contribution < 1.29 is 5.11 Å². The molecular weight excluding hydrogens is 306 g/mol. The van der Waals surface area contributed by atoms with Crippen molar-refractivity contribution in [1.82, 2.24) is 10.2 Å². The topological polar surface area (TPSA) is 47.9 Å². The number of hydrogen-bond acceptors (Lipinski definition) is 3. The van der Waals surface area contributed by atoms with Gasteiger partial charge in [0.25, 0.3) is 0 Å². The largest absolute Gasteiger partial charge is 0.393 e. The van der Waals surface area contributed by atoms with Gasteiger partial charge in [0, 0.05) is 37.5 Å². The number of aliphatic hydroxyl groups excluding tert-OH is 1. The molecule has 1 aromatic carbocycles. The van der Waals surface area contributed by atoms with Crippen LogP contribution in [0.15, 0.2) is 34.2 Å². The molecule has 2 unspecified atom stereocenters. The maximum atomic E-state index is 9.95. The maximum Gasteiger partial charge on any atom is 0.193 e. The molecule has 1 aliphatic carbocycles. The molecule has 4 nitrogen and oxygen atoms in total. The lowest BCUT2D eigenvalue weighted by molar-refractivity contribution is 0.136. The molecule has 0 heterocycles. The van der Waals surface area contributed by atoms with E-state index in [1.165, 1.54) is 10.5 Å². The Morgan fingerprint density at radius 1 is 1.35 bits per heavy atom. The number of aliphatic hydroxyl groups is 1. The number of thioether (sulfide) groups is 1. The Bertz CT molecular complexity index is 503. The fraction of sp³-hybridized carbons (Fsp3) is 0.611. The molecule has 23 heavy (non-hydrogen) atoms. The van der Waals surface area contributed by atoms with Crippen LogP contribution in [-0.2, 0) is 6.54 Å². The standard InChI is InChI=1S/C18H29N3OS/c1-4-19-18(20-12-15-6-5-7-17(15)22)21(2)13-14-8-10-16(23-3)11-9-14/h8-11,15,17,22H,4-7,12-13H2,1-3H3,(H,19,20). The Balaban J connectivity index is 1.97. The van der Waals surface area contributed by atoms with Gasteiger partial charge in [0.1, 0.15) is 0 Å². The quantitative estimate of drug-likeness (QED) is 0.477. The van der Waals surface area contributed by atoms with E-state index in [4.69, 9.17) is 4.99 Å². The second-order valence-electron chi connectivity index (χ2n) is 6.16. The highest BCUT2D eigenvalue weighted by Crippen LogP contribution is 2.25. The third-order valence-electron chi connectivity index (χ3n) is 4.37. The summed E-state index contributed by atoms with van der Waals surface area (Å²) in [6.45, 7) is 4.47. The third kappa shape index (κ3) is 5.43. The molecule has 0 bridgehead atoms. The smallest absolute Gasteiger partial charge is 0.193 e.